The normalized spacial score (nSPS) is 10.7. The molecule has 24 heavy (non-hydrogen) atoms. The third kappa shape index (κ3) is 5.15. The Labute approximate surface area is 140 Å². The van der Waals surface area contributed by atoms with E-state index >= 15 is 0 Å². The first kappa shape index (κ1) is 17.6. The minimum absolute atomic E-state index is 0.171. The van der Waals surface area contributed by atoms with Crippen molar-refractivity contribution in [2.45, 2.75) is 33.7 Å². The number of imide groups is 1. The number of hydrogen-bond acceptors (Lipinski definition) is 5. The second-order valence-electron chi connectivity index (χ2n) is 5.85. The smallest absolute Gasteiger partial charge is 0.321 e. The van der Waals surface area contributed by atoms with Gasteiger partial charge in [0.05, 0.1) is 0 Å². The highest BCUT2D eigenvalue weighted by Crippen LogP contribution is 2.14. The van der Waals surface area contributed by atoms with Crippen molar-refractivity contribution in [2.75, 3.05) is 6.54 Å². The van der Waals surface area contributed by atoms with Gasteiger partial charge in [-0.15, -0.1) is 10.2 Å². The molecule has 128 valence electrons. The number of benzene rings is 1. The summed E-state index contributed by atoms with van der Waals surface area (Å²) in [5.74, 6) is 0.251. The van der Waals surface area contributed by atoms with E-state index in [0.717, 1.165) is 16.8 Å². The van der Waals surface area contributed by atoms with Crippen molar-refractivity contribution < 1.29 is 9.59 Å². The van der Waals surface area contributed by atoms with Gasteiger partial charge < -0.3 is 5.32 Å². The molecule has 1 heterocycles. The Morgan fingerprint density at radius 3 is 2.54 bits per heavy atom. The Hall–Kier alpha value is -2.77. The van der Waals surface area contributed by atoms with Crippen LogP contribution in [0.1, 0.15) is 26.3 Å². The lowest BCUT2D eigenvalue weighted by Gasteiger charge is -2.07. The zero-order chi connectivity index (χ0) is 17.5. The summed E-state index contributed by atoms with van der Waals surface area (Å²) in [6.07, 6.45) is 0.958. The first-order chi connectivity index (χ1) is 11.5. The van der Waals surface area contributed by atoms with Crippen LogP contribution in [0.2, 0.25) is 0 Å². The molecular formula is C16H22N6O2. The van der Waals surface area contributed by atoms with Crippen LogP contribution in [0.3, 0.4) is 0 Å². The summed E-state index contributed by atoms with van der Waals surface area (Å²) < 4.78 is 0. The number of carbonyl (C=O) groups is 2. The second kappa shape index (κ2) is 8.19. The van der Waals surface area contributed by atoms with Crippen LogP contribution in [0.15, 0.2) is 24.3 Å². The number of urea groups is 1. The van der Waals surface area contributed by atoms with Gasteiger partial charge in [0.25, 0.3) is 5.91 Å². The van der Waals surface area contributed by atoms with Crippen LogP contribution >= 0.6 is 0 Å². The zero-order valence-electron chi connectivity index (χ0n) is 14.1. The van der Waals surface area contributed by atoms with Crippen LogP contribution in [0.25, 0.3) is 11.4 Å². The summed E-state index contributed by atoms with van der Waals surface area (Å²) in [4.78, 5) is 24.5. The summed E-state index contributed by atoms with van der Waals surface area (Å²) >= 11 is 0. The van der Waals surface area contributed by atoms with Gasteiger partial charge in [-0.2, -0.15) is 4.80 Å². The van der Waals surface area contributed by atoms with E-state index in [4.69, 9.17) is 0 Å². The van der Waals surface area contributed by atoms with Gasteiger partial charge in [0.15, 0.2) is 0 Å². The Morgan fingerprint density at radius 1 is 1.21 bits per heavy atom. The maximum absolute atomic E-state index is 11.8. The minimum Gasteiger partial charge on any atom is -0.338 e. The Bertz CT molecular complexity index is 693. The molecule has 0 unspecified atom stereocenters. The SMILES string of the molecule is CCc1ccc(-c2nnn(CC(=O)NC(=O)NCC(C)C)n2)cc1. The molecule has 0 bridgehead atoms. The number of nitrogens with one attached hydrogen (secondary N) is 2. The van der Waals surface area contributed by atoms with Crippen LogP contribution in [-0.4, -0.2) is 38.7 Å². The van der Waals surface area contributed by atoms with Crippen molar-refractivity contribution in [3.05, 3.63) is 29.8 Å². The molecule has 0 aliphatic carbocycles. The summed E-state index contributed by atoms with van der Waals surface area (Å²) in [5, 5.41) is 16.8. The molecule has 1 aromatic carbocycles. The van der Waals surface area contributed by atoms with E-state index in [1.54, 1.807) is 0 Å². The Balaban J connectivity index is 1.90. The second-order valence-corrected chi connectivity index (χ2v) is 5.85. The van der Waals surface area contributed by atoms with Gasteiger partial charge in [0, 0.05) is 12.1 Å². The van der Waals surface area contributed by atoms with Crippen LogP contribution in [-0.2, 0) is 17.8 Å². The quantitative estimate of drug-likeness (QED) is 0.833. The molecule has 0 atom stereocenters. The van der Waals surface area contributed by atoms with Gasteiger partial charge >= 0.3 is 6.03 Å². The fourth-order valence-corrected chi connectivity index (χ4v) is 1.95. The molecule has 0 aliphatic rings. The maximum Gasteiger partial charge on any atom is 0.321 e. The largest absolute Gasteiger partial charge is 0.338 e. The lowest BCUT2D eigenvalue weighted by atomic mass is 10.1. The molecule has 8 heteroatoms. The summed E-state index contributed by atoms with van der Waals surface area (Å²) in [5.41, 5.74) is 2.05. The van der Waals surface area contributed by atoms with Crippen LogP contribution < -0.4 is 10.6 Å². The topological polar surface area (TPSA) is 102 Å². The van der Waals surface area contributed by atoms with Crippen molar-refractivity contribution >= 4 is 11.9 Å². The standard InChI is InChI=1S/C16H22N6O2/c1-4-12-5-7-13(8-6-12)15-19-21-22(20-15)10-14(23)18-16(24)17-9-11(2)3/h5-8,11H,4,9-10H2,1-3H3,(H2,17,18,23,24). The lowest BCUT2D eigenvalue weighted by Crippen LogP contribution is -2.42. The number of hydrogen-bond donors (Lipinski definition) is 2. The van der Waals surface area contributed by atoms with Gasteiger partial charge in [0.2, 0.25) is 5.82 Å². The molecule has 8 nitrogen and oxygen atoms in total. The fourth-order valence-electron chi connectivity index (χ4n) is 1.95. The Morgan fingerprint density at radius 2 is 1.92 bits per heavy atom. The highest BCUT2D eigenvalue weighted by molar-refractivity contribution is 5.94. The van der Waals surface area contributed by atoms with Crippen LogP contribution in [0.4, 0.5) is 4.79 Å². The molecule has 0 aliphatic heterocycles. The predicted molar refractivity (Wildman–Crippen MR) is 89.0 cm³/mol. The number of carbonyl (C=O) groups excluding carboxylic acids is 2. The molecule has 0 saturated carbocycles. The third-order valence-electron chi connectivity index (χ3n) is 3.28. The van der Waals surface area contributed by atoms with Crippen molar-refractivity contribution in [3.8, 4) is 11.4 Å². The average Bonchev–Trinajstić information content (AvgIpc) is 3.01. The van der Waals surface area contributed by atoms with E-state index in [1.807, 2.05) is 38.1 Å². The van der Waals surface area contributed by atoms with E-state index in [2.05, 4.69) is 33.0 Å². The van der Waals surface area contributed by atoms with Crippen molar-refractivity contribution in [3.63, 3.8) is 0 Å². The zero-order valence-corrected chi connectivity index (χ0v) is 14.1. The molecule has 3 amide bonds. The number of tetrazole rings is 1. The molecule has 2 rings (SSSR count). The van der Waals surface area contributed by atoms with E-state index in [1.165, 1.54) is 5.56 Å². The molecule has 2 aromatic rings. The van der Waals surface area contributed by atoms with E-state index in [0.29, 0.717) is 18.3 Å². The third-order valence-corrected chi connectivity index (χ3v) is 3.28. The van der Waals surface area contributed by atoms with E-state index in [9.17, 15) is 9.59 Å². The average molecular weight is 330 g/mol. The van der Waals surface area contributed by atoms with E-state index in [-0.39, 0.29) is 6.54 Å². The molecule has 0 spiro atoms. The molecule has 0 fully saturated rings. The number of amides is 3. The summed E-state index contributed by atoms with van der Waals surface area (Å²) in [6, 6.07) is 7.31. The highest BCUT2D eigenvalue weighted by atomic mass is 16.2. The van der Waals surface area contributed by atoms with Gasteiger partial charge in [-0.3, -0.25) is 10.1 Å². The minimum atomic E-state index is -0.524. The molecule has 1 aromatic heterocycles. The van der Waals surface area contributed by atoms with Crippen molar-refractivity contribution in [2.24, 2.45) is 5.92 Å². The maximum atomic E-state index is 11.8. The monoisotopic (exact) mass is 330 g/mol. The Kier molecular flexibility index (Phi) is 6.00. The number of rotatable bonds is 6. The first-order valence-corrected chi connectivity index (χ1v) is 7.92. The number of nitrogens with zero attached hydrogens (tertiary/aromatic N) is 4. The van der Waals surface area contributed by atoms with Gasteiger partial charge in [-0.05, 0) is 23.1 Å². The van der Waals surface area contributed by atoms with E-state index < -0.39 is 11.9 Å². The van der Waals surface area contributed by atoms with Crippen molar-refractivity contribution in [1.29, 1.82) is 0 Å². The summed E-state index contributed by atoms with van der Waals surface area (Å²) in [7, 11) is 0. The molecule has 0 saturated heterocycles. The predicted octanol–water partition coefficient (Wildman–Crippen LogP) is 1.38. The molecular weight excluding hydrogens is 308 g/mol. The first-order valence-electron chi connectivity index (χ1n) is 7.92. The van der Waals surface area contributed by atoms with Crippen LogP contribution in [0, 0.1) is 5.92 Å². The number of aryl methyl sites for hydroxylation is 1. The lowest BCUT2D eigenvalue weighted by molar-refractivity contribution is -0.121. The van der Waals surface area contributed by atoms with Crippen LogP contribution in [0.5, 0.6) is 0 Å². The fraction of sp³-hybridized carbons (Fsp3) is 0.438. The molecule has 2 N–H and O–H groups in total. The number of aromatic nitrogens is 4. The highest BCUT2D eigenvalue weighted by Gasteiger charge is 2.12. The van der Waals surface area contributed by atoms with Gasteiger partial charge in [-0.1, -0.05) is 45.0 Å². The molecule has 0 radical (unpaired) electrons. The van der Waals surface area contributed by atoms with Crippen molar-refractivity contribution in [1.82, 2.24) is 30.8 Å². The summed E-state index contributed by atoms with van der Waals surface area (Å²) in [6.45, 7) is 6.35. The van der Waals surface area contributed by atoms with Gasteiger partial charge in [-0.25, -0.2) is 4.79 Å². The van der Waals surface area contributed by atoms with Gasteiger partial charge in [0.1, 0.15) is 6.54 Å².